The van der Waals surface area contributed by atoms with Crippen LogP contribution < -0.4 is 5.56 Å². The van der Waals surface area contributed by atoms with E-state index in [4.69, 9.17) is 4.52 Å². The number of nitrogens with zero attached hydrogens (tertiary/aromatic N) is 6. The zero-order valence-corrected chi connectivity index (χ0v) is 17.8. The number of hydrogen-bond donors (Lipinski definition) is 0. The summed E-state index contributed by atoms with van der Waals surface area (Å²) in [5, 5.41) is 12.9. The molecule has 4 heterocycles. The first-order valence-electron chi connectivity index (χ1n) is 10.2. The molecule has 0 unspecified atom stereocenters. The molecule has 9 heteroatoms. The number of carbonyl (C=O) groups is 1. The summed E-state index contributed by atoms with van der Waals surface area (Å²) in [5.74, 6) is 1.36. The van der Waals surface area contributed by atoms with E-state index in [0.29, 0.717) is 37.5 Å². The number of amides is 1. The van der Waals surface area contributed by atoms with Crippen LogP contribution in [-0.4, -0.2) is 48.6 Å². The zero-order chi connectivity index (χ0) is 21.4. The van der Waals surface area contributed by atoms with Crippen LogP contribution in [-0.2, 0) is 11.2 Å². The van der Waals surface area contributed by atoms with Gasteiger partial charge >= 0.3 is 0 Å². The number of rotatable bonds is 4. The normalized spacial score (nSPS) is 15.0. The number of piperidine rings is 1. The first-order valence-corrected chi connectivity index (χ1v) is 10.2. The SMILES string of the molecule is Cc1cc(C)n(-c2ccc(=O)n(C3CCN(C(=O)Cc4c(C)noc4C)CC3)n2)n1. The highest BCUT2D eigenvalue weighted by atomic mass is 16.5. The van der Waals surface area contributed by atoms with Crippen molar-refractivity contribution in [2.75, 3.05) is 13.1 Å². The predicted molar refractivity (Wildman–Crippen MR) is 110 cm³/mol. The predicted octanol–water partition coefficient (Wildman–Crippen LogP) is 2.06. The summed E-state index contributed by atoms with van der Waals surface area (Å²) in [4.78, 5) is 27.0. The molecule has 1 aliphatic rings. The lowest BCUT2D eigenvalue weighted by molar-refractivity contribution is -0.131. The van der Waals surface area contributed by atoms with Gasteiger partial charge in [0.1, 0.15) is 5.76 Å². The minimum absolute atomic E-state index is 0.0440. The van der Waals surface area contributed by atoms with E-state index in [0.717, 1.165) is 22.6 Å². The molecule has 0 aromatic carbocycles. The lowest BCUT2D eigenvalue weighted by Crippen LogP contribution is -2.42. The number of carbonyl (C=O) groups excluding carboxylic acids is 1. The minimum Gasteiger partial charge on any atom is -0.361 e. The van der Waals surface area contributed by atoms with Crippen LogP contribution in [0.1, 0.15) is 47.3 Å². The summed E-state index contributed by atoms with van der Waals surface area (Å²) in [6.45, 7) is 8.73. The lowest BCUT2D eigenvalue weighted by Gasteiger charge is -2.32. The van der Waals surface area contributed by atoms with Gasteiger partial charge in [0.15, 0.2) is 5.82 Å². The highest BCUT2D eigenvalue weighted by Gasteiger charge is 2.26. The molecule has 30 heavy (non-hydrogen) atoms. The minimum atomic E-state index is -0.138. The third-order valence-corrected chi connectivity index (χ3v) is 5.71. The van der Waals surface area contributed by atoms with Crippen molar-refractivity contribution in [1.29, 1.82) is 0 Å². The molecule has 0 bridgehead atoms. The average molecular weight is 410 g/mol. The smallest absolute Gasteiger partial charge is 0.267 e. The van der Waals surface area contributed by atoms with Crippen LogP contribution in [0.25, 0.3) is 5.82 Å². The fourth-order valence-electron chi connectivity index (χ4n) is 4.03. The van der Waals surface area contributed by atoms with Gasteiger partial charge in [-0.15, -0.1) is 5.10 Å². The molecule has 1 aliphatic heterocycles. The molecule has 0 N–H and O–H groups in total. The van der Waals surface area contributed by atoms with E-state index in [1.165, 1.54) is 6.07 Å². The summed E-state index contributed by atoms with van der Waals surface area (Å²) in [5.41, 5.74) is 3.34. The van der Waals surface area contributed by atoms with Gasteiger partial charge in [0.25, 0.3) is 5.56 Å². The van der Waals surface area contributed by atoms with Crippen molar-refractivity contribution in [3.8, 4) is 5.82 Å². The van der Waals surface area contributed by atoms with Gasteiger partial charge in [-0.1, -0.05) is 5.16 Å². The molecule has 1 fully saturated rings. The fraction of sp³-hybridized carbons (Fsp3) is 0.476. The van der Waals surface area contributed by atoms with Crippen molar-refractivity contribution in [2.24, 2.45) is 0 Å². The number of likely N-dealkylation sites (tertiary alicyclic amines) is 1. The highest BCUT2D eigenvalue weighted by Crippen LogP contribution is 2.22. The van der Waals surface area contributed by atoms with Gasteiger partial charge in [0, 0.05) is 30.4 Å². The Morgan fingerprint density at radius 3 is 2.47 bits per heavy atom. The molecule has 3 aromatic rings. The largest absolute Gasteiger partial charge is 0.361 e. The quantitative estimate of drug-likeness (QED) is 0.653. The van der Waals surface area contributed by atoms with Crippen molar-refractivity contribution in [1.82, 2.24) is 29.6 Å². The van der Waals surface area contributed by atoms with E-state index >= 15 is 0 Å². The molecule has 1 amide bonds. The molecule has 0 saturated carbocycles. The lowest BCUT2D eigenvalue weighted by atomic mass is 10.0. The molecule has 1 saturated heterocycles. The molecule has 3 aromatic heterocycles. The maximum atomic E-state index is 12.7. The van der Waals surface area contributed by atoms with Crippen molar-refractivity contribution in [3.05, 3.63) is 57.0 Å². The fourth-order valence-corrected chi connectivity index (χ4v) is 4.03. The Morgan fingerprint density at radius 1 is 1.13 bits per heavy atom. The van der Waals surface area contributed by atoms with Crippen LogP contribution in [0.2, 0.25) is 0 Å². The van der Waals surface area contributed by atoms with E-state index in [2.05, 4.69) is 15.4 Å². The van der Waals surface area contributed by atoms with Crippen molar-refractivity contribution in [2.45, 2.75) is 53.0 Å². The topological polar surface area (TPSA) is 99.1 Å². The summed E-state index contributed by atoms with van der Waals surface area (Å²) in [6, 6.07) is 5.16. The van der Waals surface area contributed by atoms with Gasteiger partial charge in [-0.3, -0.25) is 9.59 Å². The van der Waals surface area contributed by atoms with Crippen LogP contribution in [0, 0.1) is 27.7 Å². The molecule has 0 aliphatic carbocycles. The Balaban J connectivity index is 1.46. The van der Waals surface area contributed by atoms with Crippen LogP contribution in [0.3, 0.4) is 0 Å². The zero-order valence-electron chi connectivity index (χ0n) is 17.8. The van der Waals surface area contributed by atoms with E-state index < -0.39 is 0 Å². The van der Waals surface area contributed by atoms with Crippen LogP contribution in [0.15, 0.2) is 27.5 Å². The first-order chi connectivity index (χ1) is 14.3. The molecule has 158 valence electrons. The molecule has 9 nitrogen and oxygen atoms in total. The Bertz CT molecular complexity index is 1110. The van der Waals surface area contributed by atoms with Gasteiger partial charge in [0.05, 0.1) is 23.9 Å². The molecular weight excluding hydrogens is 384 g/mol. The summed E-state index contributed by atoms with van der Waals surface area (Å²) < 4.78 is 8.44. The second kappa shape index (κ2) is 7.89. The van der Waals surface area contributed by atoms with E-state index in [1.54, 1.807) is 15.4 Å². The van der Waals surface area contributed by atoms with E-state index in [9.17, 15) is 9.59 Å². The van der Waals surface area contributed by atoms with Gasteiger partial charge in [-0.25, -0.2) is 9.36 Å². The van der Waals surface area contributed by atoms with Crippen molar-refractivity contribution in [3.63, 3.8) is 0 Å². The molecule has 0 radical (unpaired) electrons. The van der Waals surface area contributed by atoms with E-state index in [1.807, 2.05) is 38.7 Å². The summed E-state index contributed by atoms with van der Waals surface area (Å²) >= 11 is 0. The summed E-state index contributed by atoms with van der Waals surface area (Å²) in [7, 11) is 0. The van der Waals surface area contributed by atoms with Crippen LogP contribution in [0.4, 0.5) is 0 Å². The first kappa shape index (κ1) is 20.1. The molecule has 0 spiro atoms. The standard InChI is InChI=1S/C21H26N6O3/c1-13-11-14(2)26(22-13)19-5-6-20(28)27(23-19)17-7-9-25(10-8-17)21(29)12-18-15(3)24-30-16(18)4/h5-6,11,17H,7-10,12H2,1-4H3. The second-order valence-electron chi connectivity index (χ2n) is 7.90. The van der Waals surface area contributed by atoms with E-state index in [-0.39, 0.29) is 23.9 Å². The van der Waals surface area contributed by atoms with Gasteiger partial charge in [-0.2, -0.15) is 5.10 Å². The van der Waals surface area contributed by atoms with Gasteiger partial charge in [0.2, 0.25) is 5.91 Å². The highest BCUT2D eigenvalue weighted by molar-refractivity contribution is 5.79. The third kappa shape index (κ3) is 3.79. The van der Waals surface area contributed by atoms with Crippen molar-refractivity contribution < 1.29 is 9.32 Å². The summed E-state index contributed by atoms with van der Waals surface area (Å²) in [6.07, 6.45) is 1.65. The Kier molecular flexibility index (Phi) is 5.27. The van der Waals surface area contributed by atoms with Crippen LogP contribution in [0.5, 0.6) is 0 Å². The number of aryl methyl sites for hydroxylation is 4. The Hall–Kier alpha value is -3.23. The Labute approximate surface area is 174 Å². The Morgan fingerprint density at radius 2 is 1.87 bits per heavy atom. The number of hydrogen-bond acceptors (Lipinski definition) is 6. The van der Waals surface area contributed by atoms with Gasteiger partial charge < -0.3 is 9.42 Å². The maximum Gasteiger partial charge on any atom is 0.267 e. The molecule has 0 atom stereocenters. The number of aromatic nitrogens is 5. The maximum absolute atomic E-state index is 12.7. The molecular formula is C21H26N6O3. The van der Waals surface area contributed by atoms with Crippen LogP contribution >= 0.6 is 0 Å². The average Bonchev–Trinajstić information content (AvgIpc) is 3.23. The van der Waals surface area contributed by atoms with Gasteiger partial charge in [-0.05, 0) is 52.7 Å². The monoisotopic (exact) mass is 410 g/mol. The second-order valence-corrected chi connectivity index (χ2v) is 7.90. The third-order valence-electron chi connectivity index (χ3n) is 5.71. The molecule has 4 rings (SSSR count). The van der Waals surface area contributed by atoms with Crippen molar-refractivity contribution >= 4 is 5.91 Å².